The van der Waals surface area contributed by atoms with Crippen LogP contribution in [0.3, 0.4) is 0 Å². The van der Waals surface area contributed by atoms with Gasteiger partial charge in [-0.3, -0.25) is 49.0 Å². The van der Waals surface area contributed by atoms with Crippen LogP contribution in [0.2, 0.25) is 0 Å². The van der Waals surface area contributed by atoms with Crippen LogP contribution in [0.25, 0.3) is 0 Å². The molecule has 0 aliphatic carbocycles. The van der Waals surface area contributed by atoms with Gasteiger partial charge in [-0.25, -0.2) is 0 Å². The molecule has 17 heteroatoms. The number of nitrogen functional groups attached to an aromatic ring is 1. The number of carbonyl (C=O) groups is 8. The number of amides is 5. The number of imide groups is 1. The van der Waals surface area contributed by atoms with Gasteiger partial charge in [-0.15, -0.1) is 0 Å². The molecule has 5 amide bonds. The summed E-state index contributed by atoms with van der Waals surface area (Å²) < 4.78 is 0. The lowest BCUT2D eigenvalue weighted by Crippen LogP contribution is -2.52. The van der Waals surface area contributed by atoms with E-state index in [0.29, 0.717) is 29.8 Å². The Balaban J connectivity index is 0.000000264. The lowest BCUT2D eigenvalue weighted by atomic mass is 10.1. The number of hydrogen-bond acceptors (Lipinski definition) is 11. The topological polar surface area (TPSA) is 308 Å². The Bertz CT molecular complexity index is 1530. The molecule has 2 aromatic carbocycles. The van der Waals surface area contributed by atoms with Gasteiger partial charge in [-0.2, -0.15) is 0 Å². The van der Waals surface area contributed by atoms with E-state index in [-0.39, 0.29) is 56.2 Å². The molecule has 2 aliphatic rings. The first kappa shape index (κ1) is 38.5. The van der Waals surface area contributed by atoms with Crippen LogP contribution in [-0.2, 0) is 35.3 Å². The molecule has 0 aromatic heterocycles. The number of nitrogens with one attached hydrogen (secondary N) is 2. The summed E-state index contributed by atoms with van der Waals surface area (Å²) in [7, 11) is 0. The number of carboxylic acid groups (broad SMARTS) is 2. The van der Waals surface area contributed by atoms with Gasteiger partial charge in [-0.1, -0.05) is 36.4 Å². The Hall–Kier alpha value is -5.68. The van der Waals surface area contributed by atoms with E-state index < -0.39 is 47.8 Å². The van der Waals surface area contributed by atoms with Crippen molar-refractivity contribution in [3.05, 3.63) is 65.2 Å². The Kier molecular flexibility index (Phi) is 14.8. The lowest BCUT2D eigenvalue weighted by molar-refractivity contribution is -0.140. The second kappa shape index (κ2) is 18.5. The maximum Gasteiger partial charge on any atom is 0.320 e. The largest absolute Gasteiger partial charge is 0.480 e. The van der Waals surface area contributed by atoms with Crippen molar-refractivity contribution in [2.24, 2.45) is 17.2 Å². The number of primary amides is 2. The molecule has 4 rings (SSSR count). The van der Waals surface area contributed by atoms with Crippen molar-refractivity contribution < 1.29 is 48.6 Å². The van der Waals surface area contributed by atoms with E-state index in [4.69, 9.17) is 33.1 Å². The first-order valence-electron chi connectivity index (χ1n) is 14.7. The standard InChI is InChI=1S/C13H13N3O3.C13H16N2O4.C5H10N2O3/c14-9-3-1-2-7-8(9)6-16(13(7)19)10-4-5-11(17)15-12(10)18;14-12(17)7-6-10(13(18)19)15-8-11(16)9-4-2-1-3-5-9;6-3(5(9)10)1-2-4(7)8/h1-3,10H,4-6,14H2,(H,15,17,18);1-5,10,15H,6-8H2,(H2,14,17)(H,18,19);3H,1-2,6H2,(H2,7,8)(H,9,10)/i15+1;14+1;7+1. The van der Waals surface area contributed by atoms with Gasteiger partial charge in [0, 0.05) is 48.2 Å². The highest BCUT2D eigenvalue weighted by molar-refractivity contribution is 6.06. The molecule has 2 heterocycles. The first-order valence-corrected chi connectivity index (χ1v) is 14.7. The van der Waals surface area contributed by atoms with Crippen molar-refractivity contribution in [2.45, 2.75) is 63.2 Å². The smallest absolute Gasteiger partial charge is 0.320 e. The first-order chi connectivity index (χ1) is 22.6. The molecule has 2 aromatic rings. The van der Waals surface area contributed by atoms with E-state index in [1.54, 1.807) is 48.5 Å². The van der Waals surface area contributed by atoms with E-state index in [2.05, 4.69) is 10.6 Å². The lowest BCUT2D eigenvalue weighted by Gasteiger charge is -2.29. The summed E-state index contributed by atoms with van der Waals surface area (Å²) in [6, 6.07) is 11.2. The number of carbonyl (C=O) groups excluding carboxylic acids is 6. The van der Waals surface area contributed by atoms with Crippen LogP contribution < -0.4 is 33.6 Å². The summed E-state index contributed by atoms with van der Waals surface area (Å²) in [5.74, 6) is -4.41. The van der Waals surface area contributed by atoms with Crippen molar-refractivity contribution in [1.82, 2.24) is 15.5 Å². The van der Waals surface area contributed by atoms with Crippen LogP contribution >= 0.6 is 0 Å². The number of Topliss-reactive ketones (excluding diaryl/α,β-unsaturated/α-hetero) is 1. The molecule has 0 saturated carbocycles. The van der Waals surface area contributed by atoms with E-state index in [1.165, 1.54) is 4.90 Å². The predicted octanol–water partition coefficient (Wildman–Crippen LogP) is -1.13. The molecular formula is C31H39N7O10. The number of fused-ring (bicyclic) bond motifs is 1. The number of aliphatic carboxylic acids is 2. The SMILES string of the molecule is NC(CCC([15NH2])=O)C(=O)O.Nc1cccc2c1CN(C1CCC(=O)[15NH]C1=O)C2=O.[15NH2]C(=O)CCC(NCC(=O)c1ccccc1)C(=O)O. The van der Waals surface area contributed by atoms with Gasteiger partial charge in [0.2, 0.25) is 23.6 Å². The van der Waals surface area contributed by atoms with Gasteiger partial charge in [-0.05, 0) is 31.4 Å². The summed E-state index contributed by atoms with van der Waals surface area (Å²) in [5.41, 5.74) is 23.0. The summed E-state index contributed by atoms with van der Waals surface area (Å²) in [5, 5.41) is 22.0. The quantitative estimate of drug-likeness (QED) is 0.0541. The zero-order chi connectivity index (χ0) is 36.0. The van der Waals surface area contributed by atoms with Gasteiger partial charge >= 0.3 is 11.9 Å². The van der Waals surface area contributed by atoms with Crippen LogP contribution in [0, 0.1) is 0 Å². The van der Waals surface area contributed by atoms with Crippen LogP contribution in [0.5, 0.6) is 0 Å². The minimum absolute atomic E-state index is 0.0213. The van der Waals surface area contributed by atoms with Crippen LogP contribution in [0.15, 0.2) is 48.5 Å². The molecule has 17 nitrogen and oxygen atoms in total. The molecule has 0 spiro atoms. The molecule has 48 heavy (non-hydrogen) atoms. The molecule has 1 fully saturated rings. The summed E-state index contributed by atoms with van der Waals surface area (Å²) in [6.45, 7) is 0.229. The molecular weight excluding hydrogens is 633 g/mol. The Morgan fingerprint density at radius 1 is 0.896 bits per heavy atom. The fourth-order valence-corrected chi connectivity index (χ4v) is 4.57. The highest BCUT2D eigenvalue weighted by Gasteiger charge is 2.39. The minimum atomic E-state index is -1.11. The maximum absolute atomic E-state index is 12.3. The number of hydrogen-bond donors (Lipinski definition) is 8. The highest BCUT2D eigenvalue weighted by Crippen LogP contribution is 2.30. The molecule has 0 radical (unpaired) electrons. The average molecular weight is 673 g/mol. The number of rotatable bonds is 13. The number of carboxylic acids is 2. The third-order valence-corrected chi connectivity index (χ3v) is 7.22. The number of ketones is 1. The third-order valence-electron chi connectivity index (χ3n) is 7.22. The molecule has 12 N–H and O–H groups in total. The number of benzene rings is 2. The van der Waals surface area contributed by atoms with E-state index in [1.807, 2.05) is 0 Å². The van der Waals surface area contributed by atoms with Crippen LogP contribution in [-0.4, -0.2) is 87.0 Å². The third kappa shape index (κ3) is 11.9. The number of nitrogens with zero attached hydrogens (tertiary/aromatic N) is 1. The molecule has 258 valence electrons. The predicted molar refractivity (Wildman–Crippen MR) is 170 cm³/mol. The summed E-state index contributed by atoms with van der Waals surface area (Å²) >= 11 is 0. The van der Waals surface area contributed by atoms with Crippen LogP contribution in [0.1, 0.15) is 64.8 Å². The van der Waals surface area contributed by atoms with Gasteiger partial charge < -0.3 is 38.0 Å². The van der Waals surface area contributed by atoms with Crippen molar-refractivity contribution in [3.63, 3.8) is 0 Å². The zero-order valence-electron chi connectivity index (χ0n) is 25.9. The van der Waals surface area contributed by atoms with Gasteiger partial charge in [0.25, 0.3) is 5.91 Å². The van der Waals surface area contributed by atoms with Crippen molar-refractivity contribution in [1.29, 1.82) is 0 Å². The van der Waals surface area contributed by atoms with Crippen molar-refractivity contribution in [2.75, 3.05) is 12.3 Å². The number of anilines is 1. The van der Waals surface area contributed by atoms with E-state index in [0.717, 1.165) is 5.56 Å². The maximum atomic E-state index is 12.3. The fourth-order valence-electron chi connectivity index (χ4n) is 4.57. The summed E-state index contributed by atoms with van der Waals surface area (Å²) in [6.07, 6.45) is 0.769. The Labute approximate surface area is 275 Å². The molecule has 2 aliphatic heterocycles. The average Bonchev–Trinajstić information content (AvgIpc) is 3.37. The summed E-state index contributed by atoms with van der Waals surface area (Å²) in [4.78, 5) is 90.2. The van der Waals surface area contributed by atoms with Crippen molar-refractivity contribution in [3.8, 4) is 0 Å². The molecule has 1 saturated heterocycles. The monoisotopic (exact) mass is 672 g/mol. The zero-order valence-corrected chi connectivity index (χ0v) is 25.9. The van der Waals surface area contributed by atoms with E-state index in [9.17, 15) is 38.4 Å². The Morgan fingerprint density at radius 2 is 1.52 bits per heavy atom. The van der Waals surface area contributed by atoms with E-state index >= 15 is 0 Å². The van der Waals surface area contributed by atoms with Gasteiger partial charge in [0.05, 0.1) is 6.54 Å². The molecule has 0 bridgehead atoms. The van der Waals surface area contributed by atoms with Crippen molar-refractivity contribution >= 4 is 52.9 Å². The number of nitrogens with two attached hydrogens (primary N) is 4. The molecule has 3 atom stereocenters. The van der Waals surface area contributed by atoms with Gasteiger partial charge in [0.1, 0.15) is 18.1 Å². The van der Waals surface area contributed by atoms with Gasteiger partial charge in [0.15, 0.2) is 5.78 Å². The fraction of sp³-hybridized carbons (Fsp3) is 0.355. The normalized spacial score (nSPS) is 16.1. The second-order valence-corrected chi connectivity index (χ2v) is 10.8. The number of piperidine rings is 1. The molecule has 3 unspecified atom stereocenters. The highest BCUT2D eigenvalue weighted by atomic mass is 16.4. The Morgan fingerprint density at radius 3 is 2.06 bits per heavy atom. The minimum Gasteiger partial charge on any atom is -0.480 e. The van der Waals surface area contributed by atoms with Crippen LogP contribution in [0.4, 0.5) is 5.69 Å². The second-order valence-electron chi connectivity index (χ2n) is 10.8.